The summed E-state index contributed by atoms with van der Waals surface area (Å²) in [6.45, 7) is 4.11. The summed E-state index contributed by atoms with van der Waals surface area (Å²) in [7, 11) is 0. The number of fused-ring (bicyclic) bond motifs is 3. The lowest BCUT2D eigenvalue weighted by molar-refractivity contribution is -0.120. The van der Waals surface area contributed by atoms with Crippen molar-refractivity contribution in [2.45, 2.75) is 38.5 Å². The Morgan fingerprint density at radius 1 is 0.974 bits per heavy atom. The molecule has 1 amide bonds. The molecule has 3 heterocycles. The monoisotopic (exact) mass is 518 g/mol. The third-order valence-corrected chi connectivity index (χ3v) is 7.98. The van der Waals surface area contributed by atoms with Gasteiger partial charge in [0.05, 0.1) is 0 Å². The highest BCUT2D eigenvalue weighted by atomic mass is 19.2. The average molecular weight is 519 g/mol. The minimum Gasteiger partial charge on any atom is -0.352 e. The molecule has 6 rings (SSSR count). The van der Waals surface area contributed by atoms with Gasteiger partial charge in [-0.25, -0.2) is 18.7 Å². The maximum Gasteiger partial charge on any atom is 0.227 e. The first-order valence-electron chi connectivity index (χ1n) is 13.5. The Kier molecular flexibility index (Phi) is 6.93. The summed E-state index contributed by atoms with van der Waals surface area (Å²) in [5.74, 6) is -0.513. The van der Waals surface area contributed by atoms with Crippen LogP contribution in [-0.2, 0) is 11.2 Å². The molecule has 0 unspecified atom stereocenters. The maximum atomic E-state index is 13.5. The molecule has 2 aromatic heterocycles. The smallest absolute Gasteiger partial charge is 0.227 e. The third-order valence-electron chi connectivity index (χ3n) is 7.98. The van der Waals surface area contributed by atoms with Crippen LogP contribution in [0.15, 0.2) is 42.7 Å². The van der Waals surface area contributed by atoms with E-state index in [9.17, 15) is 13.6 Å². The topological polar surface area (TPSA) is 77.2 Å². The number of nitrogens with zero attached hydrogens (tertiary/aromatic N) is 4. The highest BCUT2D eigenvalue weighted by Crippen LogP contribution is 2.32. The lowest BCUT2D eigenvalue weighted by Crippen LogP contribution is -2.47. The van der Waals surface area contributed by atoms with Crippen LogP contribution in [0.3, 0.4) is 0 Å². The van der Waals surface area contributed by atoms with Gasteiger partial charge in [0.15, 0.2) is 17.5 Å². The van der Waals surface area contributed by atoms with Gasteiger partial charge in [0.25, 0.3) is 0 Å². The van der Waals surface area contributed by atoms with E-state index in [1.165, 1.54) is 18.6 Å². The molecule has 198 valence electrons. The van der Waals surface area contributed by atoms with Gasteiger partial charge in [-0.15, -0.1) is 0 Å². The van der Waals surface area contributed by atoms with Crippen LogP contribution in [0.25, 0.3) is 21.9 Å². The average Bonchev–Trinajstić information content (AvgIpc) is 3.33. The number of halogens is 2. The highest BCUT2D eigenvalue weighted by molar-refractivity contribution is 6.09. The van der Waals surface area contributed by atoms with Crippen LogP contribution in [0.2, 0.25) is 0 Å². The second-order valence-corrected chi connectivity index (χ2v) is 10.5. The van der Waals surface area contributed by atoms with Gasteiger partial charge in [-0.05, 0) is 55.2 Å². The molecule has 0 spiro atoms. The van der Waals surface area contributed by atoms with E-state index < -0.39 is 11.6 Å². The van der Waals surface area contributed by atoms with Crippen LogP contribution >= 0.6 is 0 Å². The van der Waals surface area contributed by atoms with Crippen molar-refractivity contribution >= 4 is 39.3 Å². The van der Waals surface area contributed by atoms with Gasteiger partial charge in [0, 0.05) is 55.2 Å². The Labute approximate surface area is 220 Å². The lowest BCUT2D eigenvalue weighted by atomic mass is 9.88. The molecule has 1 saturated carbocycles. The normalized spacial score (nSPS) is 17.4. The van der Waals surface area contributed by atoms with Crippen molar-refractivity contribution in [1.29, 1.82) is 0 Å². The Balaban J connectivity index is 1.14. The summed E-state index contributed by atoms with van der Waals surface area (Å²) in [5.41, 5.74) is 4.30. The number of anilines is 2. The number of amides is 1. The van der Waals surface area contributed by atoms with E-state index in [0.29, 0.717) is 6.42 Å². The van der Waals surface area contributed by atoms with E-state index in [0.717, 1.165) is 97.4 Å². The summed E-state index contributed by atoms with van der Waals surface area (Å²) in [5, 5.41) is 4.09. The molecule has 1 aliphatic heterocycles. The van der Waals surface area contributed by atoms with Gasteiger partial charge in [-0.2, -0.15) is 0 Å². The van der Waals surface area contributed by atoms with Crippen molar-refractivity contribution in [1.82, 2.24) is 19.9 Å². The largest absolute Gasteiger partial charge is 0.352 e. The fraction of sp³-hybridized carbons (Fsp3) is 0.414. The maximum absolute atomic E-state index is 13.5. The van der Waals surface area contributed by atoms with E-state index in [-0.39, 0.29) is 11.8 Å². The molecule has 0 radical (unpaired) electrons. The number of aromatic nitrogens is 3. The number of carbonyl (C=O) groups is 1. The molecular formula is C29H32F2N6O. The Hall–Kier alpha value is -3.59. The molecule has 0 bridgehead atoms. The van der Waals surface area contributed by atoms with E-state index in [2.05, 4.69) is 30.1 Å². The van der Waals surface area contributed by atoms with Crippen molar-refractivity contribution in [3.63, 3.8) is 0 Å². The molecule has 2 fully saturated rings. The number of hydrogen-bond acceptors (Lipinski definition) is 5. The minimum absolute atomic E-state index is 0.104. The lowest BCUT2D eigenvalue weighted by Gasteiger charge is -2.35. The Bertz CT molecular complexity index is 1460. The van der Waals surface area contributed by atoms with Crippen LogP contribution in [0.5, 0.6) is 0 Å². The summed E-state index contributed by atoms with van der Waals surface area (Å²) < 4.78 is 26.7. The first-order chi connectivity index (χ1) is 18.5. The molecule has 1 saturated heterocycles. The van der Waals surface area contributed by atoms with E-state index >= 15 is 0 Å². The van der Waals surface area contributed by atoms with Crippen molar-refractivity contribution in [2.24, 2.45) is 5.92 Å². The fourth-order valence-corrected chi connectivity index (χ4v) is 5.77. The molecule has 9 heteroatoms. The Morgan fingerprint density at radius 2 is 1.79 bits per heavy atom. The number of aromatic amines is 1. The number of H-pyrrole nitrogens is 1. The van der Waals surface area contributed by atoms with Crippen molar-refractivity contribution < 1.29 is 13.6 Å². The van der Waals surface area contributed by atoms with Gasteiger partial charge in [-0.1, -0.05) is 25.3 Å². The summed E-state index contributed by atoms with van der Waals surface area (Å²) in [4.78, 5) is 30.0. The molecule has 1 aliphatic carbocycles. The molecule has 4 aromatic rings. The third kappa shape index (κ3) is 5.07. The second kappa shape index (κ2) is 10.6. The predicted octanol–water partition coefficient (Wildman–Crippen LogP) is 5.27. The molecule has 7 nitrogen and oxygen atoms in total. The summed E-state index contributed by atoms with van der Waals surface area (Å²) >= 11 is 0. The van der Waals surface area contributed by atoms with Crippen LogP contribution in [0.4, 0.5) is 20.3 Å². The highest BCUT2D eigenvalue weighted by Gasteiger charge is 2.23. The molecule has 38 heavy (non-hydrogen) atoms. The van der Waals surface area contributed by atoms with Gasteiger partial charge in [-0.3, -0.25) is 9.69 Å². The zero-order valence-electron chi connectivity index (χ0n) is 21.4. The predicted molar refractivity (Wildman–Crippen MR) is 145 cm³/mol. The van der Waals surface area contributed by atoms with Crippen LogP contribution < -0.4 is 10.2 Å². The first-order valence-corrected chi connectivity index (χ1v) is 13.5. The van der Waals surface area contributed by atoms with E-state index in [4.69, 9.17) is 0 Å². The number of rotatable bonds is 6. The molecule has 2 aromatic carbocycles. The van der Waals surface area contributed by atoms with Crippen LogP contribution in [0, 0.1) is 17.6 Å². The second-order valence-electron chi connectivity index (χ2n) is 10.5. The minimum atomic E-state index is -0.809. The zero-order chi connectivity index (χ0) is 26.1. The van der Waals surface area contributed by atoms with Gasteiger partial charge in [0.1, 0.15) is 17.4 Å². The molecular weight excluding hydrogens is 486 g/mol. The molecule has 2 N–H and O–H groups in total. The number of hydrogen-bond donors (Lipinski definition) is 2. The van der Waals surface area contributed by atoms with Gasteiger partial charge >= 0.3 is 0 Å². The Morgan fingerprint density at radius 3 is 2.58 bits per heavy atom. The van der Waals surface area contributed by atoms with Crippen LogP contribution in [0.1, 0.15) is 37.7 Å². The molecule has 0 atom stereocenters. The summed E-state index contributed by atoms with van der Waals surface area (Å²) in [6.07, 6.45) is 7.69. The SMILES string of the molecule is O=C(Nc1ccc2[nH]c3c(N4CCN(CCc5ccc(F)c(F)c5)CC4)ncnc3c2c1)C1CCCCC1. The van der Waals surface area contributed by atoms with Crippen LogP contribution in [-0.4, -0.2) is 58.5 Å². The number of carbonyl (C=O) groups excluding carboxylic acids is 1. The number of piperazine rings is 1. The van der Waals surface area contributed by atoms with Gasteiger partial charge < -0.3 is 15.2 Å². The van der Waals surface area contributed by atoms with Crippen molar-refractivity contribution in [2.75, 3.05) is 42.9 Å². The first kappa shape index (κ1) is 24.7. The van der Waals surface area contributed by atoms with Gasteiger partial charge in [0.2, 0.25) is 5.91 Å². The van der Waals surface area contributed by atoms with E-state index in [1.54, 1.807) is 12.4 Å². The number of nitrogens with one attached hydrogen (secondary N) is 2. The quantitative estimate of drug-likeness (QED) is 0.364. The van der Waals surface area contributed by atoms with Crippen molar-refractivity contribution in [3.8, 4) is 0 Å². The molecule has 2 aliphatic rings. The fourth-order valence-electron chi connectivity index (χ4n) is 5.77. The number of benzene rings is 2. The summed E-state index contributed by atoms with van der Waals surface area (Å²) in [6, 6.07) is 10.1. The zero-order valence-corrected chi connectivity index (χ0v) is 21.4. The van der Waals surface area contributed by atoms with Crippen molar-refractivity contribution in [3.05, 3.63) is 59.9 Å². The standard InChI is InChI=1S/C29H32F2N6O/c30-23-8-6-19(16-24(23)31)10-11-36-12-14-37(15-13-36)28-27-26(32-18-33-28)22-17-21(7-9-25(22)35-27)34-29(38)20-4-2-1-3-5-20/h6-9,16-18,20,35H,1-5,10-15H2,(H,34,38). The van der Waals surface area contributed by atoms with E-state index in [1.807, 2.05) is 18.2 Å².